The molecular formula is C29H38N2O9S. The highest BCUT2D eigenvalue weighted by molar-refractivity contribution is 7.89. The number of amides is 1. The smallest absolute Gasteiger partial charge is 0.407 e. The van der Waals surface area contributed by atoms with E-state index in [9.17, 15) is 23.1 Å². The van der Waals surface area contributed by atoms with Gasteiger partial charge in [0.15, 0.2) is 0 Å². The first-order chi connectivity index (χ1) is 19.6. The number of fused-ring (bicyclic) bond motifs is 1. The third kappa shape index (κ3) is 7.83. The van der Waals surface area contributed by atoms with Crippen LogP contribution in [0.3, 0.4) is 0 Å². The van der Waals surface area contributed by atoms with Crippen molar-refractivity contribution in [3.05, 3.63) is 59.7 Å². The Bertz CT molecular complexity index is 1270. The van der Waals surface area contributed by atoms with Gasteiger partial charge >= 0.3 is 6.09 Å². The molecule has 0 bridgehead atoms. The lowest BCUT2D eigenvalue weighted by atomic mass is 10.00. The summed E-state index contributed by atoms with van der Waals surface area (Å²) < 4.78 is 50.3. The molecule has 0 spiro atoms. The van der Waals surface area contributed by atoms with E-state index in [1.807, 2.05) is 13.8 Å². The first-order valence-corrected chi connectivity index (χ1v) is 15.1. The molecular weight excluding hydrogens is 552 g/mol. The number of methoxy groups -OCH3 is 1. The normalized spacial score (nSPS) is 21.9. The Balaban J connectivity index is 1.53. The SMILES string of the molecule is COc1ccc(S(=O)(=O)N(CC(C)C)C[C@@H](O)[C@H](Cc2ccc(C=O)cc2)NC(=O)O[C@H]2CO[C@H]3COC[C@H]32)cc1. The molecule has 2 heterocycles. The maximum atomic E-state index is 13.6. The summed E-state index contributed by atoms with van der Waals surface area (Å²) in [5, 5.41) is 14.2. The number of carbonyl (C=O) groups excluding carboxylic acids is 2. The number of carbonyl (C=O) groups is 2. The van der Waals surface area contributed by atoms with Gasteiger partial charge in [0, 0.05) is 18.7 Å². The molecule has 0 aromatic heterocycles. The molecule has 0 saturated carbocycles. The molecule has 12 heteroatoms. The number of alkyl carbamates (subject to hydrolysis) is 1. The minimum absolute atomic E-state index is 0.0357. The molecule has 11 nitrogen and oxygen atoms in total. The molecule has 4 rings (SSSR count). The van der Waals surface area contributed by atoms with Gasteiger partial charge in [-0.2, -0.15) is 4.31 Å². The average Bonchev–Trinajstić information content (AvgIpc) is 3.57. The van der Waals surface area contributed by atoms with Crippen molar-refractivity contribution < 1.29 is 42.1 Å². The van der Waals surface area contributed by atoms with Gasteiger partial charge in [-0.1, -0.05) is 38.1 Å². The lowest BCUT2D eigenvalue weighted by Crippen LogP contribution is -2.51. The van der Waals surface area contributed by atoms with Gasteiger partial charge in [0.2, 0.25) is 10.0 Å². The number of sulfonamides is 1. The average molecular weight is 591 g/mol. The van der Waals surface area contributed by atoms with Gasteiger partial charge in [-0.05, 0) is 42.2 Å². The molecule has 0 radical (unpaired) electrons. The maximum absolute atomic E-state index is 13.6. The summed E-state index contributed by atoms with van der Waals surface area (Å²) in [7, 11) is -2.49. The zero-order chi connectivity index (χ0) is 29.6. The third-order valence-corrected chi connectivity index (χ3v) is 9.12. The molecule has 2 aliphatic heterocycles. The van der Waals surface area contributed by atoms with E-state index in [1.54, 1.807) is 36.4 Å². The van der Waals surface area contributed by atoms with Gasteiger partial charge in [0.25, 0.3) is 0 Å². The van der Waals surface area contributed by atoms with E-state index < -0.39 is 34.4 Å². The number of nitrogens with one attached hydrogen (secondary N) is 1. The number of aliphatic hydroxyl groups excluding tert-OH is 1. The van der Waals surface area contributed by atoms with Gasteiger partial charge in [-0.25, -0.2) is 13.2 Å². The van der Waals surface area contributed by atoms with E-state index >= 15 is 0 Å². The quantitative estimate of drug-likeness (QED) is 0.336. The third-order valence-electron chi connectivity index (χ3n) is 7.28. The van der Waals surface area contributed by atoms with Crippen LogP contribution in [-0.4, -0.2) is 94.6 Å². The minimum Gasteiger partial charge on any atom is -0.497 e. The molecule has 41 heavy (non-hydrogen) atoms. The van der Waals surface area contributed by atoms with Crippen molar-refractivity contribution in [2.75, 3.05) is 40.0 Å². The highest BCUT2D eigenvalue weighted by atomic mass is 32.2. The summed E-state index contributed by atoms with van der Waals surface area (Å²) in [4.78, 5) is 24.2. The Labute approximate surface area is 240 Å². The highest BCUT2D eigenvalue weighted by Gasteiger charge is 2.44. The maximum Gasteiger partial charge on any atom is 0.407 e. The Morgan fingerprint density at radius 2 is 1.80 bits per heavy atom. The van der Waals surface area contributed by atoms with Gasteiger partial charge < -0.3 is 29.4 Å². The molecule has 1 amide bonds. The summed E-state index contributed by atoms with van der Waals surface area (Å²) in [6.45, 7) is 4.80. The fourth-order valence-electron chi connectivity index (χ4n) is 5.04. The minimum atomic E-state index is -3.98. The zero-order valence-electron chi connectivity index (χ0n) is 23.5. The zero-order valence-corrected chi connectivity index (χ0v) is 24.3. The van der Waals surface area contributed by atoms with Crippen LogP contribution in [-0.2, 0) is 30.7 Å². The first-order valence-electron chi connectivity index (χ1n) is 13.6. The molecule has 5 atom stereocenters. The van der Waals surface area contributed by atoms with Crippen LogP contribution in [0.15, 0.2) is 53.4 Å². The largest absolute Gasteiger partial charge is 0.497 e. The number of aldehydes is 1. The number of aliphatic hydroxyl groups is 1. The molecule has 2 N–H and O–H groups in total. The number of nitrogens with zero attached hydrogens (tertiary/aromatic N) is 1. The van der Waals surface area contributed by atoms with E-state index in [2.05, 4.69) is 5.32 Å². The Hall–Kier alpha value is -3.03. The number of benzene rings is 2. The lowest BCUT2D eigenvalue weighted by molar-refractivity contribution is 0.0271. The van der Waals surface area contributed by atoms with Crippen molar-refractivity contribution in [3.63, 3.8) is 0 Å². The second-order valence-corrected chi connectivity index (χ2v) is 12.7. The van der Waals surface area contributed by atoms with Crippen molar-refractivity contribution >= 4 is 22.4 Å². The molecule has 2 saturated heterocycles. The standard InChI is InChI=1S/C29H38N2O9S/c1-19(2)13-31(41(35,36)23-10-8-22(37-3)9-11-23)14-26(33)25(12-20-4-6-21(15-32)7-5-20)30-29(34)40-28-18-39-27-17-38-16-24(27)28/h4-11,15,19,24-28,33H,12-14,16-18H2,1-3H3,(H,30,34)/t24-,25+,26-,27+,28+/m1/s1. The van der Waals surface area contributed by atoms with Gasteiger partial charge in [0.1, 0.15) is 18.1 Å². The number of rotatable bonds is 13. The Morgan fingerprint density at radius 1 is 1.10 bits per heavy atom. The molecule has 2 aromatic rings. The summed E-state index contributed by atoms with van der Waals surface area (Å²) in [6.07, 6.45) is -1.73. The van der Waals surface area contributed by atoms with Crippen LogP contribution in [0.1, 0.15) is 29.8 Å². The molecule has 2 fully saturated rings. The van der Waals surface area contributed by atoms with Gasteiger partial charge in [0.05, 0.1) is 56.0 Å². The number of ether oxygens (including phenoxy) is 4. The predicted octanol–water partition coefficient (Wildman–Crippen LogP) is 2.27. The van der Waals surface area contributed by atoms with E-state index in [1.165, 1.54) is 23.5 Å². The molecule has 2 aromatic carbocycles. The number of hydrogen-bond donors (Lipinski definition) is 2. The van der Waals surface area contributed by atoms with Gasteiger partial charge in [-0.15, -0.1) is 0 Å². The second-order valence-electron chi connectivity index (χ2n) is 10.8. The topological polar surface area (TPSA) is 141 Å². The van der Waals surface area contributed by atoms with Crippen LogP contribution in [0, 0.1) is 11.8 Å². The summed E-state index contributed by atoms with van der Waals surface area (Å²) >= 11 is 0. The van der Waals surface area contributed by atoms with Crippen LogP contribution >= 0.6 is 0 Å². The monoisotopic (exact) mass is 590 g/mol. The van der Waals surface area contributed by atoms with Crippen molar-refractivity contribution in [2.24, 2.45) is 11.8 Å². The van der Waals surface area contributed by atoms with Crippen molar-refractivity contribution in [3.8, 4) is 5.75 Å². The van der Waals surface area contributed by atoms with Crippen LogP contribution < -0.4 is 10.1 Å². The summed E-state index contributed by atoms with van der Waals surface area (Å²) in [6, 6.07) is 11.9. The molecule has 0 unspecified atom stereocenters. The molecule has 0 aliphatic carbocycles. The lowest BCUT2D eigenvalue weighted by Gasteiger charge is -2.31. The van der Waals surface area contributed by atoms with Crippen molar-refractivity contribution in [2.45, 2.75) is 49.5 Å². The van der Waals surface area contributed by atoms with Crippen LogP contribution in [0.4, 0.5) is 4.79 Å². The van der Waals surface area contributed by atoms with Crippen molar-refractivity contribution in [1.82, 2.24) is 9.62 Å². The first kappa shape index (κ1) is 30.9. The number of hydrogen-bond acceptors (Lipinski definition) is 9. The Kier molecular flexibility index (Phi) is 10.4. The van der Waals surface area contributed by atoms with Crippen LogP contribution in [0.25, 0.3) is 0 Å². The van der Waals surface area contributed by atoms with Crippen LogP contribution in [0.2, 0.25) is 0 Å². The molecule has 224 valence electrons. The van der Waals surface area contributed by atoms with E-state index in [0.717, 1.165) is 11.8 Å². The van der Waals surface area contributed by atoms with Crippen LogP contribution in [0.5, 0.6) is 5.75 Å². The predicted molar refractivity (Wildman–Crippen MR) is 149 cm³/mol. The van der Waals surface area contributed by atoms with E-state index in [0.29, 0.717) is 24.5 Å². The fourth-order valence-corrected chi connectivity index (χ4v) is 6.66. The fraction of sp³-hybridized carbons (Fsp3) is 0.517. The van der Waals surface area contributed by atoms with E-state index in [4.69, 9.17) is 18.9 Å². The second kappa shape index (κ2) is 13.8. The Morgan fingerprint density at radius 3 is 2.44 bits per heavy atom. The summed E-state index contributed by atoms with van der Waals surface area (Å²) in [5.74, 6) is 0.425. The van der Waals surface area contributed by atoms with Gasteiger partial charge in [-0.3, -0.25) is 4.79 Å². The summed E-state index contributed by atoms with van der Waals surface area (Å²) in [5.41, 5.74) is 1.23. The highest BCUT2D eigenvalue weighted by Crippen LogP contribution is 2.29. The van der Waals surface area contributed by atoms with E-state index in [-0.39, 0.29) is 49.0 Å². The van der Waals surface area contributed by atoms with Crippen molar-refractivity contribution in [1.29, 1.82) is 0 Å². The molecule has 2 aliphatic rings.